The predicted octanol–water partition coefficient (Wildman–Crippen LogP) is 1.82. The Morgan fingerprint density at radius 3 is 2.70 bits per heavy atom. The summed E-state index contributed by atoms with van der Waals surface area (Å²) >= 11 is 7.16. The van der Waals surface area contributed by atoms with Gasteiger partial charge in [0.05, 0.1) is 6.54 Å². The van der Waals surface area contributed by atoms with E-state index in [9.17, 15) is 10.1 Å². The van der Waals surface area contributed by atoms with Crippen molar-refractivity contribution < 1.29 is 14.5 Å². The molecular weight excluding hydrogens is 346 g/mol. The Labute approximate surface area is 142 Å². The van der Waals surface area contributed by atoms with Crippen LogP contribution in [0.5, 0.6) is 0 Å². The second-order valence-corrected chi connectivity index (χ2v) is 6.25. The van der Waals surface area contributed by atoms with Crippen molar-refractivity contribution in [3.05, 3.63) is 25.7 Å². The van der Waals surface area contributed by atoms with E-state index in [0.29, 0.717) is 37.3 Å². The van der Waals surface area contributed by atoms with Crippen molar-refractivity contribution in [2.75, 3.05) is 26.3 Å². The van der Waals surface area contributed by atoms with Crippen LogP contribution in [0.15, 0.2) is 11.3 Å². The molecule has 1 aliphatic rings. The van der Waals surface area contributed by atoms with Crippen LogP contribution >= 0.6 is 22.9 Å². The molecule has 0 atom stereocenters. The molecule has 11 heteroatoms. The summed E-state index contributed by atoms with van der Waals surface area (Å²) in [4.78, 5) is 19.2. The van der Waals surface area contributed by atoms with Crippen molar-refractivity contribution in [1.82, 2.24) is 14.8 Å². The van der Waals surface area contributed by atoms with Gasteiger partial charge in [-0.2, -0.15) is 0 Å². The molecule has 0 bridgehead atoms. The molecule has 0 aromatic carbocycles. The third-order valence-corrected chi connectivity index (χ3v) is 4.17. The van der Waals surface area contributed by atoms with Gasteiger partial charge in [0.15, 0.2) is 9.50 Å². The number of guanidine groups is 1. The number of aromatic nitrogens is 1. The molecule has 1 aromatic rings. The minimum Gasteiger partial charge on any atom is -0.335 e. The molecule has 1 fully saturated rings. The van der Waals surface area contributed by atoms with Gasteiger partial charge in [-0.1, -0.05) is 11.6 Å². The SMILES string of the molecule is CCOC(OCC)N1CCN(Cc2cnc(Cl)s2)C1=N[N+](=O)[O-]. The molecule has 0 amide bonds. The van der Waals surface area contributed by atoms with Crippen LogP contribution in [-0.2, 0) is 16.0 Å². The molecule has 0 radical (unpaired) electrons. The number of halogens is 1. The van der Waals surface area contributed by atoms with Crippen molar-refractivity contribution >= 4 is 28.9 Å². The van der Waals surface area contributed by atoms with Gasteiger partial charge in [0, 0.05) is 37.4 Å². The van der Waals surface area contributed by atoms with Crippen LogP contribution in [0, 0.1) is 10.1 Å². The first-order valence-corrected chi connectivity index (χ1v) is 8.32. The second kappa shape index (κ2) is 8.39. The molecule has 0 unspecified atom stereocenters. The molecular formula is C12H18ClN5O4S. The molecule has 0 aliphatic carbocycles. The summed E-state index contributed by atoms with van der Waals surface area (Å²) in [6.07, 6.45) is 0.959. The number of nitrogens with zero attached hydrogens (tertiary/aromatic N) is 5. The van der Waals surface area contributed by atoms with Gasteiger partial charge in [-0.15, -0.1) is 11.3 Å². The molecule has 2 rings (SSSR count). The highest BCUT2D eigenvalue weighted by Gasteiger charge is 2.35. The monoisotopic (exact) mass is 363 g/mol. The summed E-state index contributed by atoms with van der Waals surface area (Å²) in [6, 6.07) is 0. The summed E-state index contributed by atoms with van der Waals surface area (Å²) in [5, 5.41) is 13.7. The van der Waals surface area contributed by atoms with E-state index in [2.05, 4.69) is 10.1 Å². The van der Waals surface area contributed by atoms with Gasteiger partial charge in [-0.25, -0.2) is 15.1 Å². The van der Waals surface area contributed by atoms with E-state index in [1.54, 1.807) is 16.0 Å². The van der Waals surface area contributed by atoms with Gasteiger partial charge in [-0.05, 0) is 13.8 Å². The van der Waals surface area contributed by atoms with Crippen LogP contribution in [0.2, 0.25) is 4.47 Å². The Morgan fingerprint density at radius 1 is 1.48 bits per heavy atom. The van der Waals surface area contributed by atoms with Crippen molar-refractivity contribution in [1.29, 1.82) is 0 Å². The Kier molecular flexibility index (Phi) is 6.51. The number of nitro groups is 1. The highest BCUT2D eigenvalue weighted by Crippen LogP contribution is 2.23. The van der Waals surface area contributed by atoms with Crippen LogP contribution in [0.4, 0.5) is 0 Å². The lowest BCUT2D eigenvalue weighted by molar-refractivity contribution is -0.486. The van der Waals surface area contributed by atoms with Gasteiger partial charge >= 0.3 is 0 Å². The topological polar surface area (TPSA) is 93.3 Å². The normalized spacial score (nSPS) is 16.8. The largest absolute Gasteiger partial charge is 0.335 e. The van der Waals surface area contributed by atoms with E-state index in [4.69, 9.17) is 21.1 Å². The van der Waals surface area contributed by atoms with E-state index in [1.807, 2.05) is 13.8 Å². The van der Waals surface area contributed by atoms with Gasteiger partial charge in [0.1, 0.15) is 5.10 Å². The van der Waals surface area contributed by atoms with Crippen LogP contribution in [-0.4, -0.2) is 58.5 Å². The zero-order chi connectivity index (χ0) is 16.8. The van der Waals surface area contributed by atoms with Crippen LogP contribution in [0.1, 0.15) is 18.7 Å². The molecule has 0 saturated carbocycles. The Morgan fingerprint density at radius 2 is 2.17 bits per heavy atom. The smallest absolute Gasteiger partial charge is 0.278 e. The van der Waals surface area contributed by atoms with Gasteiger partial charge in [0.2, 0.25) is 6.41 Å². The quantitative estimate of drug-likeness (QED) is 0.395. The maximum Gasteiger partial charge on any atom is 0.278 e. The van der Waals surface area contributed by atoms with E-state index in [0.717, 1.165) is 4.88 Å². The van der Waals surface area contributed by atoms with E-state index < -0.39 is 11.4 Å². The molecule has 128 valence electrons. The third kappa shape index (κ3) is 4.74. The molecule has 23 heavy (non-hydrogen) atoms. The Balaban J connectivity index is 2.18. The van der Waals surface area contributed by atoms with Gasteiger partial charge in [0.25, 0.3) is 5.96 Å². The first kappa shape index (κ1) is 17.9. The Bertz CT molecular complexity index is 563. The number of thiazole rings is 1. The minimum absolute atomic E-state index is 0.214. The minimum atomic E-state index is -0.713. The Hall–Kier alpha value is -1.49. The molecule has 1 aromatic heterocycles. The lowest BCUT2D eigenvalue weighted by atomic mass is 10.5. The van der Waals surface area contributed by atoms with Crippen LogP contribution in [0.3, 0.4) is 0 Å². The fourth-order valence-electron chi connectivity index (χ4n) is 2.21. The number of ether oxygens (including phenoxy) is 2. The number of hydrogen-bond acceptors (Lipinski definition) is 6. The summed E-state index contributed by atoms with van der Waals surface area (Å²) in [5.41, 5.74) is 0. The number of rotatable bonds is 8. The van der Waals surface area contributed by atoms with Crippen LogP contribution < -0.4 is 0 Å². The average Bonchev–Trinajstić information content (AvgIpc) is 3.06. The first-order chi connectivity index (χ1) is 11.0. The number of hydrazone groups is 1. The van der Waals surface area contributed by atoms with E-state index in [-0.39, 0.29) is 5.96 Å². The maximum absolute atomic E-state index is 10.9. The summed E-state index contributed by atoms with van der Waals surface area (Å²) in [5.74, 6) is 0.214. The predicted molar refractivity (Wildman–Crippen MR) is 85.7 cm³/mol. The maximum atomic E-state index is 10.9. The first-order valence-electron chi connectivity index (χ1n) is 7.13. The molecule has 1 aliphatic heterocycles. The molecule has 1 saturated heterocycles. The summed E-state index contributed by atoms with van der Waals surface area (Å²) in [6.45, 7) is 6.06. The summed E-state index contributed by atoms with van der Waals surface area (Å²) < 4.78 is 11.5. The fraction of sp³-hybridized carbons (Fsp3) is 0.667. The lowest BCUT2D eigenvalue weighted by Gasteiger charge is -2.28. The molecule has 0 N–H and O–H groups in total. The lowest BCUT2D eigenvalue weighted by Crippen LogP contribution is -2.43. The highest BCUT2D eigenvalue weighted by atomic mass is 35.5. The molecule has 0 spiro atoms. The van der Waals surface area contributed by atoms with E-state index >= 15 is 0 Å². The van der Waals surface area contributed by atoms with Crippen molar-refractivity contribution in [3.63, 3.8) is 0 Å². The number of hydrogen-bond donors (Lipinski definition) is 0. The third-order valence-electron chi connectivity index (χ3n) is 3.07. The van der Waals surface area contributed by atoms with Gasteiger partial charge in [-0.3, -0.25) is 4.90 Å². The zero-order valence-corrected chi connectivity index (χ0v) is 14.4. The van der Waals surface area contributed by atoms with Crippen molar-refractivity contribution in [3.8, 4) is 0 Å². The summed E-state index contributed by atoms with van der Waals surface area (Å²) in [7, 11) is 0. The zero-order valence-electron chi connectivity index (χ0n) is 12.8. The second-order valence-electron chi connectivity index (χ2n) is 4.55. The van der Waals surface area contributed by atoms with Crippen molar-refractivity contribution in [2.45, 2.75) is 26.8 Å². The molecule has 2 heterocycles. The average molecular weight is 364 g/mol. The fourth-order valence-corrected chi connectivity index (χ4v) is 3.20. The van der Waals surface area contributed by atoms with Crippen molar-refractivity contribution in [2.24, 2.45) is 5.10 Å². The van der Waals surface area contributed by atoms with Gasteiger partial charge < -0.3 is 14.4 Å². The van der Waals surface area contributed by atoms with E-state index in [1.165, 1.54) is 11.3 Å². The van der Waals surface area contributed by atoms with Crippen LogP contribution in [0.25, 0.3) is 0 Å². The molecule has 9 nitrogen and oxygen atoms in total. The standard InChI is InChI=1S/C12H18ClN5O4S/c1-3-21-12(22-4-2)17-6-5-16(11(17)15-18(19)20)8-9-7-14-10(13)23-9/h7,12H,3-6,8H2,1-2H3. The highest BCUT2D eigenvalue weighted by molar-refractivity contribution is 7.15.